The predicted octanol–water partition coefficient (Wildman–Crippen LogP) is 1.71. The van der Waals surface area contributed by atoms with Gasteiger partial charge in [-0.1, -0.05) is 0 Å². The van der Waals surface area contributed by atoms with E-state index in [0.717, 1.165) is 25.5 Å². The number of methoxy groups -OCH3 is 1. The normalized spacial score (nSPS) is 18.3. The van der Waals surface area contributed by atoms with Crippen molar-refractivity contribution in [1.29, 1.82) is 0 Å². The van der Waals surface area contributed by atoms with E-state index in [-0.39, 0.29) is 0 Å². The largest absolute Gasteiger partial charge is 0.385 e. The van der Waals surface area contributed by atoms with Gasteiger partial charge < -0.3 is 14.2 Å². The number of nitrogens with zero attached hydrogens (tertiary/aromatic N) is 3. The molecule has 1 saturated heterocycles. The second-order valence-corrected chi connectivity index (χ2v) is 5.27. The Morgan fingerprint density at radius 2 is 2.17 bits per heavy atom. The van der Waals surface area contributed by atoms with Crippen molar-refractivity contribution < 1.29 is 4.74 Å². The molecule has 0 unspecified atom stereocenters. The van der Waals surface area contributed by atoms with Gasteiger partial charge in [-0.15, -0.1) is 0 Å². The van der Waals surface area contributed by atoms with E-state index in [1.54, 1.807) is 7.11 Å². The molecule has 102 valence electrons. The number of hydrogen-bond donors (Lipinski definition) is 0. The number of hydrogen-bond acceptors (Lipinski definition) is 3. The SMILES string of the molecule is COCCC1CCN(CCc2nccn2C)CC1. The minimum Gasteiger partial charge on any atom is -0.385 e. The van der Waals surface area contributed by atoms with Gasteiger partial charge in [-0.25, -0.2) is 4.98 Å². The van der Waals surface area contributed by atoms with Crippen LogP contribution in [0.4, 0.5) is 0 Å². The highest BCUT2D eigenvalue weighted by Crippen LogP contribution is 2.20. The third kappa shape index (κ3) is 3.82. The van der Waals surface area contributed by atoms with E-state index in [1.807, 2.05) is 12.4 Å². The third-order valence-electron chi connectivity index (χ3n) is 4.01. The quantitative estimate of drug-likeness (QED) is 0.771. The number of rotatable bonds is 6. The van der Waals surface area contributed by atoms with Crippen LogP contribution < -0.4 is 0 Å². The average molecular weight is 251 g/mol. The number of imidazole rings is 1. The summed E-state index contributed by atoms with van der Waals surface area (Å²) in [6.07, 6.45) is 8.84. The van der Waals surface area contributed by atoms with Crippen LogP contribution in [0.2, 0.25) is 0 Å². The van der Waals surface area contributed by atoms with Crippen LogP contribution >= 0.6 is 0 Å². The maximum atomic E-state index is 5.16. The lowest BCUT2D eigenvalue weighted by atomic mass is 9.94. The van der Waals surface area contributed by atoms with Crippen molar-refractivity contribution >= 4 is 0 Å². The van der Waals surface area contributed by atoms with Gasteiger partial charge in [-0.2, -0.15) is 0 Å². The molecule has 0 amide bonds. The van der Waals surface area contributed by atoms with Crippen molar-refractivity contribution in [3.8, 4) is 0 Å². The summed E-state index contributed by atoms with van der Waals surface area (Å²) in [5.41, 5.74) is 0. The van der Waals surface area contributed by atoms with Gasteiger partial charge in [0.25, 0.3) is 0 Å². The standard InChI is InChI=1S/C14H25N3O/c1-16-11-7-15-14(16)5-10-17-8-3-13(4-9-17)6-12-18-2/h7,11,13H,3-6,8-10,12H2,1-2H3. The Hall–Kier alpha value is -0.870. The molecule has 0 aromatic carbocycles. The van der Waals surface area contributed by atoms with E-state index >= 15 is 0 Å². The Kier molecular flexibility index (Phi) is 5.20. The van der Waals surface area contributed by atoms with Crippen LogP contribution in [0.25, 0.3) is 0 Å². The molecule has 0 saturated carbocycles. The predicted molar refractivity (Wildman–Crippen MR) is 72.6 cm³/mol. The Bertz CT molecular complexity index is 343. The zero-order valence-electron chi connectivity index (χ0n) is 11.6. The molecule has 0 atom stereocenters. The van der Waals surface area contributed by atoms with Crippen LogP contribution in [0.3, 0.4) is 0 Å². The first-order chi connectivity index (χ1) is 8.79. The monoisotopic (exact) mass is 251 g/mol. The van der Waals surface area contributed by atoms with Crippen molar-refractivity contribution in [2.24, 2.45) is 13.0 Å². The van der Waals surface area contributed by atoms with Gasteiger partial charge in [0.05, 0.1) is 0 Å². The van der Waals surface area contributed by atoms with E-state index in [1.165, 1.54) is 38.2 Å². The summed E-state index contributed by atoms with van der Waals surface area (Å²) in [6.45, 7) is 4.53. The third-order valence-corrected chi connectivity index (χ3v) is 4.01. The molecule has 4 heteroatoms. The van der Waals surface area contributed by atoms with Crippen LogP contribution in [0.5, 0.6) is 0 Å². The number of aryl methyl sites for hydroxylation is 1. The molecule has 0 spiro atoms. The van der Waals surface area contributed by atoms with Gasteiger partial charge in [0.15, 0.2) is 0 Å². The Labute approximate surface area is 110 Å². The lowest BCUT2D eigenvalue weighted by molar-refractivity contribution is 0.135. The zero-order valence-corrected chi connectivity index (χ0v) is 11.6. The van der Waals surface area contributed by atoms with Crippen molar-refractivity contribution in [3.63, 3.8) is 0 Å². The fraction of sp³-hybridized carbons (Fsp3) is 0.786. The molecule has 0 N–H and O–H groups in total. The summed E-state index contributed by atoms with van der Waals surface area (Å²) in [4.78, 5) is 6.94. The fourth-order valence-corrected chi connectivity index (χ4v) is 2.68. The van der Waals surface area contributed by atoms with Crippen LogP contribution in [-0.2, 0) is 18.2 Å². The molecule has 2 rings (SSSR count). The number of aromatic nitrogens is 2. The molecule has 0 aliphatic carbocycles. The van der Waals surface area contributed by atoms with Gasteiger partial charge in [0, 0.05) is 46.1 Å². The first kappa shape index (κ1) is 13.6. The molecule has 0 bridgehead atoms. The van der Waals surface area contributed by atoms with E-state index < -0.39 is 0 Å². The summed E-state index contributed by atoms with van der Waals surface area (Å²) in [5.74, 6) is 2.06. The topological polar surface area (TPSA) is 30.3 Å². The summed E-state index contributed by atoms with van der Waals surface area (Å²) < 4.78 is 7.27. The lowest BCUT2D eigenvalue weighted by Gasteiger charge is -2.31. The van der Waals surface area contributed by atoms with Crippen molar-refractivity contribution in [2.45, 2.75) is 25.7 Å². The van der Waals surface area contributed by atoms with Gasteiger partial charge in [0.1, 0.15) is 5.82 Å². The second kappa shape index (κ2) is 6.90. The average Bonchev–Trinajstić information content (AvgIpc) is 2.81. The molecular formula is C14H25N3O. The zero-order chi connectivity index (χ0) is 12.8. The summed E-state index contributed by atoms with van der Waals surface area (Å²) in [6, 6.07) is 0. The van der Waals surface area contributed by atoms with E-state index in [2.05, 4.69) is 21.5 Å². The van der Waals surface area contributed by atoms with Crippen LogP contribution in [0.1, 0.15) is 25.1 Å². The molecular weight excluding hydrogens is 226 g/mol. The summed E-state index contributed by atoms with van der Waals surface area (Å²) >= 11 is 0. The van der Waals surface area contributed by atoms with Crippen molar-refractivity contribution in [1.82, 2.24) is 14.5 Å². The lowest BCUT2D eigenvalue weighted by Crippen LogP contribution is -2.35. The Morgan fingerprint density at radius 3 is 2.78 bits per heavy atom. The summed E-state index contributed by atoms with van der Waals surface area (Å²) in [7, 11) is 3.86. The molecule has 1 aliphatic heterocycles. The minimum atomic E-state index is 0.870. The van der Waals surface area contributed by atoms with E-state index in [4.69, 9.17) is 4.74 Å². The first-order valence-electron chi connectivity index (χ1n) is 6.97. The first-order valence-corrected chi connectivity index (χ1v) is 6.97. The summed E-state index contributed by atoms with van der Waals surface area (Å²) in [5, 5.41) is 0. The van der Waals surface area contributed by atoms with Crippen LogP contribution in [0, 0.1) is 5.92 Å². The van der Waals surface area contributed by atoms with Gasteiger partial charge >= 0.3 is 0 Å². The van der Waals surface area contributed by atoms with Crippen LogP contribution in [-0.4, -0.2) is 47.8 Å². The maximum absolute atomic E-state index is 5.16. The minimum absolute atomic E-state index is 0.870. The number of ether oxygens (including phenoxy) is 1. The van der Waals surface area contributed by atoms with Crippen molar-refractivity contribution in [3.05, 3.63) is 18.2 Å². The molecule has 4 nitrogen and oxygen atoms in total. The molecule has 0 radical (unpaired) electrons. The number of likely N-dealkylation sites (tertiary alicyclic amines) is 1. The fourth-order valence-electron chi connectivity index (χ4n) is 2.68. The van der Waals surface area contributed by atoms with Gasteiger partial charge in [-0.3, -0.25) is 0 Å². The highest BCUT2D eigenvalue weighted by atomic mass is 16.5. The smallest absolute Gasteiger partial charge is 0.109 e. The molecule has 1 aliphatic rings. The molecule has 2 heterocycles. The highest BCUT2D eigenvalue weighted by molar-refractivity contribution is 4.92. The van der Waals surface area contributed by atoms with Crippen molar-refractivity contribution in [2.75, 3.05) is 33.4 Å². The maximum Gasteiger partial charge on any atom is 0.109 e. The Morgan fingerprint density at radius 1 is 1.39 bits per heavy atom. The second-order valence-electron chi connectivity index (χ2n) is 5.27. The van der Waals surface area contributed by atoms with E-state index in [0.29, 0.717) is 0 Å². The van der Waals surface area contributed by atoms with Gasteiger partial charge in [-0.05, 0) is 38.3 Å². The molecule has 18 heavy (non-hydrogen) atoms. The molecule has 1 aromatic heterocycles. The van der Waals surface area contributed by atoms with E-state index in [9.17, 15) is 0 Å². The van der Waals surface area contributed by atoms with Crippen LogP contribution in [0.15, 0.2) is 12.4 Å². The molecule has 1 aromatic rings. The number of piperidine rings is 1. The highest BCUT2D eigenvalue weighted by Gasteiger charge is 2.18. The molecule has 1 fully saturated rings. The Balaban J connectivity index is 1.66. The van der Waals surface area contributed by atoms with Gasteiger partial charge in [0.2, 0.25) is 0 Å².